The summed E-state index contributed by atoms with van der Waals surface area (Å²) >= 11 is 0. The number of aliphatic hydroxyl groups excluding tert-OH is 1. The van der Waals surface area contributed by atoms with Crippen LogP contribution >= 0.6 is 0 Å². The van der Waals surface area contributed by atoms with E-state index in [0.29, 0.717) is 31.5 Å². The van der Waals surface area contributed by atoms with Gasteiger partial charge >= 0.3 is 0 Å². The summed E-state index contributed by atoms with van der Waals surface area (Å²) in [7, 11) is 0. The van der Waals surface area contributed by atoms with Crippen molar-refractivity contribution in [2.75, 3.05) is 24.6 Å². The van der Waals surface area contributed by atoms with E-state index in [1.165, 1.54) is 0 Å². The molecule has 1 aromatic rings. The highest BCUT2D eigenvalue weighted by atomic mass is 16.5. The average molecular weight is 566 g/mol. The number of likely N-dealkylation sites (tertiary alicyclic amines) is 1. The van der Waals surface area contributed by atoms with E-state index in [4.69, 9.17) is 4.74 Å². The number of carbonyl (C=O) groups is 3. The smallest absolute Gasteiger partial charge is 0.249 e. The number of fused-ring (bicyclic) bond motifs is 1. The predicted molar refractivity (Wildman–Crippen MR) is 160 cm³/mol. The normalized spacial score (nSPS) is 29.4. The van der Waals surface area contributed by atoms with E-state index < -0.39 is 40.7 Å². The van der Waals surface area contributed by atoms with Crippen molar-refractivity contribution in [3.05, 3.63) is 55.6 Å². The monoisotopic (exact) mass is 565 g/mol. The molecule has 1 N–H and O–H groups in total. The van der Waals surface area contributed by atoms with Gasteiger partial charge < -0.3 is 24.5 Å². The zero-order valence-corrected chi connectivity index (χ0v) is 25.5. The lowest BCUT2D eigenvalue weighted by Gasteiger charge is -2.43. The molecular formula is C33H47N3O5. The maximum atomic E-state index is 14.6. The third kappa shape index (κ3) is 5.14. The first-order chi connectivity index (χ1) is 19.3. The second kappa shape index (κ2) is 11.4. The van der Waals surface area contributed by atoms with Crippen molar-refractivity contribution in [2.24, 2.45) is 17.8 Å². The number of para-hydroxylation sites is 1. The Hall–Kier alpha value is -2.97. The van der Waals surface area contributed by atoms with Crippen molar-refractivity contribution in [1.29, 1.82) is 0 Å². The fourth-order valence-corrected chi connectivity index (χ4v) is 7.43. The van der Waals surface area contributed by atoms with Crippen molar-refractivity contribution in [1.82, 2.24) is 9.80 Å². The Kier molecular flexibility index (Phi) is 8.59. The maximum Gasteiger partial charge on any atom is 0.249 e. The summed E-state index contributed by atoms with van der Waals surface area (Å²) in [6.45, 7) is 19.9. The summed E-state index contributed by atoms with van der Waals surface area (Å²) in [6, 6.07) is 7.82. The molecule has 3 aliphatic rings. The molecule has 0 radical (unpaired) electrons. The lowest BCUT2D eigenvalue weighted by molar-refractivity contribution is -0.158. The first-order valence-corrected chi connectivity index (χ1v) is 14.8. The van der Waals surface area contributed by atoms with Gasteiger partial charge in [0.25, 0.3) is 0 Å². The molecule has 0 saturated carbocycles. The number of benzene rings is 1. The number of aliphatic hydroxyl groups is 1. The molecule has 3 heterocycles. The van der Waals surface area contributed by atoms with Gasteiger partial charge in [0.1, 0.15) is 11.6 Å². The van der Waals surface area contributed by atoms with Gasteiger partial charge in [-0.25, -0.2) is 0 Å². The lowest BCUT2D eigenvalue weighted by Crippen LogP contribution is -2.61. The molecule has 224 valence electrons. The first kappa shape index (κ1) is 31.0. The molecule has 4 rings (SSSR count). The van der Waals surface area contributed by atoms with Gasteiger partial charge in [0.2, 0.25) is 17.7 Å². The molecule has 3 amide bonds. The molecule has 8 nitrogen and oxygen atoms in total. The minimum atomic E-state index is -1.17. The Labute approximate surface area is 245 Å². The van der Waals surface area contributed by atoms with E-state index in [9.17, 15) is 19.5 Å². The van der Waals surface area contributed by atoms with E-state index in [1.54, 1.807) is 26.9 Å². The number of hydrogen-bond donors (Lipinski definition) is 1. The summed E-state index contributed by atoms with van der Waals surface area (Å²) in [5.41, 5.74) is -1.92. The number of nitrogens with zero attached hydrogens (tertiary/aromatic N) is 3. The average Bonchev–Trinajstić information content (AvgIpc) is 3.48. The number of carbonyl (C=O) groups excluding carboxylic acids is 3. The Morgan fingerprint density at radius 3 is 2.29 bits per heavy atom. The van der Waals surface area contributed by atoms with Gasteiger partial charge in [0.15, 0.2) is 0 Å². The molecule has 0 aromatic heterocycles. The standard InChI is InChI=1S/C33H47N3O5/c1-9-18-34(23-14-12-11-13-15-23)28(38)25-26-29(39)36(24(21-37)20-22(3)4)27(33(26)17-16-32(25,8)41-33)30(40)35(19-10-2)31(5,6)7/h9-15,22,24-27,37H,1-2,16-21H2,3-8H3/t24-,25-,26+,27?,32+,33?/m1/s1. The quantitative estimate of drug-likeness (QED) is 0.407. The molecular weight excluding hydrogens is 518 g/mol. The third-order valence-corrected chi connectivity index (χ3v) is 9.10. The number of rotatable bonds is 11. The second-order valence-electron chi connectivity index (χ2n) is 13.4. The topological polar surface area (TPSA) is 90.4 Å². The summed E-state index contributed by atoms with van der Waals surface area (Å²) in [6.07, 6.45) is 4.91. The molecule has 3 fully saturated rings. The Morgan fingerprint density at radius 1 is 1.12 bits per heavy atom. The molecule has 2 bridgehead atoms. The second-order valence-corrected chi connectivity index (χ2v) is 13.4. The maximum absolute atomic E-state index is 14.6. The Bertz CT molecular complexity index is 1180. The lowest BCUT2D eigenvalue weighted by atomic mass is 9.66. The molecule has 6 atom stereocenters. The van der Waals surface area contributed by atoms with Crippen molar-refractivity contribution in [2.45, 2.75) is 89.6 Å². The van der Waals surface area contributed by atoms with Gasteiger partial charge in [-0.3, -0.25) is 14.4 Å². The largest absolute Gasteiger partial charge is 0.394 e. The molecule has 3 saturated heterocycles. The van der Waals surface area contributed by atoms with Crippen LogP contribution in [0.2, 0.25) is 0 Å². The highest BCUT2D eigenvalue weighted by Crippen LogP contribution is 2.64. The van der Waals surface area contributed by atoms with Crippen LogP contribution in [-0.4, -0.2) is 81.1 Å². The van der Waals surface area contributed by atoms with E-state index >= 15 is 0 Å². The van der Waals surface area contributed by atoms with Crippen LogP contribution < -0.4 is 4.90 Å². The fourth-order valence-electron chi connectivity index (χ4n) is 7.43. The SMILES string of the molecule is C=CCN(C(=O)[C@H]1[C@H]2C(=O)N([C@@H](CO)CC(C)C)C(C(=O)N(CC=C)C(C)(C)C)C23CC[C@]1(C)O3)c1ccccc1. The van der Waals surface area contributed by atoms with Crippen molar-refractivity contribution >= 4 is 23.4 Å². The van der Waals surface area contributed by atoms with Gasteiger partial charge in [0, 0.05) is 24.3 Å². The summed E-state index contributed by atoms with van der Waals surface area (Å²) in [5, 5.41) is 10.6. The van der Waals surface area contributed by atoms with Crippen LogP contribution in [0.15, 0.2) is 55.6 Å². The fraction of sp³-hybridized carbons (Fsp3) is 0.606. The van der Waals surface area contributed by atoms with Crippen molar-refractivity contribution < 1.29 is 24.2 Å². The van der Waals surface area contributed by atoms with E-state index in [1.807, 2.05) is 71.9 Å². The van der Waals surface area contributed by atoms with Crippen LogP contribution in [0.3, 0.4) is 0 Å². The molecule has 2 unspecified atom stereocenters. The van der Waals surface area contributed by atoms with Gasteiger partial charge in [-0.05, 0) is 65.0 Å². The highest BCUT2D eigenvalue weighted by molar-refractivity contribution is 6.03. The third-order valence-electron chi connectivity index (χ3n) is 9.10. The molecule has 3 aliphatic heterocycles. The van der Waals surface area contributed by atoms with Crippen LogP contribution in [0.5, 0.6) is 0 Å². The first-order valence-electron chi connectivity index (χ1n) is 14.8. The number of hydrogen-bond acceptors (Lipinski definition) is 5. The van der Waals surface area contributed by atoms with Gasteiger partial charge in [-0.2, -0.15) is 0 Å². The summed E-state index contributed by atoms with van der Waals surface area (Å²) in [5.74, 6) is -2.19. The Balaban J connectivity index is 1.86. The molecule has 8 heteroatoms. The molecule has 41 heavy (non-hydrogen) atoms. The highest BCUT2D eigenvalue weighted by Gasteiger charge is 2.79. The van der Waals surface area contributed by atoms with Crippen LogP contribution in [0.25, 0.3) is 0 Å². The minimum Gasteiger partial charge on any atom is -0.394 e. The zero-order chi connectivity index (χ0) is 30.3. The Morgan fingerprint density at radius 2 is 1.76 bits per heavy atom. The van der Waals surface area contributed by atoms with Gasteiger partial charge in [0.05, 0.1) is 30.1 Å². The number of ether oxygens (including phenoxy) is 1. The van der Waals surface area contributed by atoms with Crippen LogP contribution in [0, 0.1) is 17.8 Å². The van der Waals surface area contributed by atoms with Crippen molar-refractivity contribution in [3.63, 3.8) is 0 Å². The van der Waals surface area contributed by atoms with Crippen LogP contribution in [-0.2, 0) is 19.1 Å². The zero-order valence-electron chi connectivity index (χ0n) is 25.5. The molecule has 0 aliphatic carbocycles. The van der Waals surface area contributed by atoms with Gasteiger partial charge in [-0.15, -0.1) is 13.2 Å². The van der Waals surface area contributed by atoms with Crippen LogP contribution in [0.1, 0.15) is 60.8 Å². The number of anilines is 1. The van der Waals surface area contributed by atoms with E-state index in [-0.39, 0.29) is 36.8 Å². The molecule has 1 aromatic carbocycles. The van der Waals surface area contributed by atoms with Gasteiger partial charge in [-0.1, -0.05) is 44.2 Å². The summed E-state index contributed by atoms with van der Waals surface area (Å²) in [4.78, 5) is 48.7. The minimum absolute atomic E-state index is 0.175. The van der Waals surface area contributed by atoms with E-state index in [2.05, 4.69) is 13.2 Å². The number of amides is 3. The predicted octanol–water partition coefficient (Wildman–Crippen LogP) is 4.19. The van der Waals surface area contributed by atoms with Crippen molar-refractivity contribution in [3.8, 4) is 0 Å². The summed E-state index contributed by atoms with van der Waals surface area (Å²) < 4.78 is 6.85. The molecule has 1 spiro atoms. The van der Waals surface area contributed by atoms with Crippen LogP contribution in [0.4, 0.5) is 5.69 Å². The van der Waals surface area contributed by atoms with E-state index in [0.717, 1.165) is 0 Å².